The van der Waals surface area contributed by atoms with E-state index >= 15 is 0 Å². The van der Waals surface area contributed by atoms with Crippen molar-refractivity contribution >= 4 is 22.5 Å². The van der Waals surface area contributed by atoms with Gasteiger partial charge < -0.3 is 10.5 Å². The van der Waals surface area contributed by atoms with Gasteiger partial charge in [-0.05, 0) is 51.2 Å². The van der Waals surface area contributed by atoms with Crippen LogP contribution in [0.15, 0.2) is 29.4 Å². The molecule has 1 aromatic rings. The van der Waals surface area contributed by atoms with Gasteiger partial charge in [-0.15, -0.1) is 0 Å². The van der Waals surface area contributed by atoms with Crippen LogP contribution < -0.4 is 5.73 Å². The molecule has 0 aromatic carbocycles. The fourth-order valence-corrected chi connectivity index (χ4v) is 3.34. The van der Waals surface area contributed by atoms with E-state index in [2.05, 4.69) is 30.3 Å². The van der Waals surface area contributed by atoms with Gasteiger partial charge in [0.25, 0.3) is 0 Å². The molecule has 0 saturated carbocycles. The van der Waals surface area contributed by atoms with Crippen LogP contribution >= 0.6 is 11.8 Å². The van der Waals surface area contributed by atoms with Gasteiger partial charge in [0, 0.05) is 25.1 Å². The summed E-state index contributed by atoms with van der Waals surface area (Å²) in [6, 6.07) is 0. The Labute approximate surface area is 149 Å². The Bertz CT molecular complexity index is 613. The van der Waals surface area contributed by atoms with Crippen LogP contribution in [-0.2, 0) is 4.74 Å². The molecule has 0 aliphatic carbocycles. The summed E-state index contributed by atoms with van der Waals surface area (Å²) in [5, 5.41) is 5.42. The Kier molecular flexibility index (Phi) is 7.59. The van der Waals surface area contributed by atoms with Gasteiger partial charge >= 0.3 is 0 Å². The predicted octanol–water partition coefficient (Wildman–Crippen LogP) is 3.92. The number of allylic oxidation sites excluding steroid dienone is 3. The first-order chi connectivity index (χ1) is 11.7. The molecule has 2 rings (SSSR count). The number of nitrogens with two attached hydrogens (primary N) is 1. The Balaban J connectivity index is 2.15. The Morgan fingerprint density at radius 2 is 2.38 bits per heavy atom. The number of hydrogen-bond acceptors (Lipinski definition) is 4. The molecule has 1 aliphatic heterocycles. The van der Waals surface area contributed by atoms with Crippen LogP contribution in [0.25, 0.3) is 5.57 Å². The summed E-state index contributed by atoms with van der Waals surface area (Å²) in [6.07, 6.45) is 11.8. The van der Waals surface area contributed by atoms with Crippen LogP contribution in [0.3, 0.4) is 0 Å². The van der Waals surface area contributed by atoms with Crippen LogP contribution in [0.5, 0.6) is 0 Å². The van der Waals surface area contributed by atoms with E-state index in [0.717, 1.165) is 48.6 Å². The number of rotatable bonds is 6. The molecule has 1 aliphatic rings. The minimum Gasteiger partial charge on any atom is -0.379 e. The highest BCUT2D eigenvalue weighted by Gasteiger charge is 2.18. The monoisotopic (exact) mass is 348 g/mol. The Hall–Kier alpha value is -1.53. The third-order valence-corrected chi connectivity index (χ3v) is 4.59. The summed E-state index contributed by atoms with van der Waals surface area (Å²) in [4.78, 5) is 4.20. The third kappa shape index (κ3) is 5.24. The molecular weight excluding hydrogens is 320 g/mol. The molecule has 6 heteroatoms. The fraction of sp³-hybridized carbons (Fsp3) is 0.556. The normalized spacial score (nSPS) is 20.0. The highest BCUT2D eigenvalue weighted by atomic mass is 32.2. The highest BCUT2D eigenvalue weighted by molar-refractivity contribution is 8.13. The van der Waals surface area contributed by atoms with Gasteiger partial charge in [0.1, 0.15) is 6.23 Å². The molecule has 1 fully saturated rings. The van der Waals surface area contributed by atoms with Gasteiger partial charge in [-0.25, -0.2) is 4.68 Å². The van der Waals surface area contributed by atoms with Gasteiger partial charge in [-0.2, -0.15) is 5.10 Å². The zero-order chi connectivity index (χ0) is 17.4. The molecule has 0 spiro atoms. The molecule has 2 heterocycles. The van der Waals surface area contributed by atoms with Crippen LogP contribution in [0, 0.1) is 6.92 Å². The van der Waals surface area contributed by atoms with Crippen molar-refractivity contribution in [1.82, 2.24) is 9.78 Å². The number of nitrogens with zero attached hydrogens (tertiary/aromatic N) is 3. The summed E-state index contributed by atoms with van der Waals surface area (Å²) >= 11 is 1.55. The van der Waals surface area contributed by atoms with Gasteiger partial charge in [0.15, 0.2) is 5.17 Å². The highest BCUT2D eigenvalue weighted by Crippen LogP contribution is 2.26. The van der Waals surface area contributed by atoms with E-state index in [1.165, 1.54) is 6.42 Å². The molecular formula is C18H28N4OS. The molecule has 2 N–H and O–H groups in total. The van der Waals surface area contributed by atoms with E-state index in [1.807, 2.05) is 24.6 Å². The van der Waals surface area contributed by atoms with E-state index < -0.39 is 0 Å². The van der Waals surface area contributed by atoms with Crippen molar-refractivity contribution < 1.29 is 4.74 Å². The smallest absolute Gasteiger partial charge is 0.154 e. The van der Waals surface area contributed by atoms with Crippen molar-refractivity contribution in [2.24, 2.45) is 10.7 Å². The summed E-state index contributed by atoms with van der Waals surface area (Å²) in [5.41, 5.74) is 9.13. The van der Waals surface area contributed by atoms with E-state index in [9.17, 15) is 0 Å². The van der Waals surface area contributed by atoms with Crippen molar-refractivity contribution in [3.63, 3.8) is 0 Å². The number of amidine groups is 1. The van der Waals surface area contributed by atoms with Gasteiger partial charge in [0.2, 0.25) is 0 Å². The lowest BCUT2D eigenvalue weighted by Gasteiger charge is -2.22. The van der Waals surface area contributed by atoms with Gasteiger partial charge in [-0.3, -0.25) is 4.99 Å². The van der Waals surface area contributed by atoms with Crippen molar-refractivity contribution in [2.75, 3.05) is 18.9 Å². The molecule has 1 saturated heterocycles. The molecule has 0 amide bonds. The van der Waals surface area contributed by atoms with Crippen molar-refractivity contribution in [2.45, 2.75) is 46.3 Å². The SMILES string of the molecule is C/C=C\C(=C/CSC(N)=NCC)c1nn(C2CCCCO2)cc1C. The molecule has 0 radical (unpaired) electrons. The second kappa shape index (κ2) is 9.69. The number of aromatic nitrogens is 2. The molecule has 1 atom stereocenters. The first kappa shape index (κ1) is 18.8. The fourth-order valence-electron chi connectivity index (χ4n) is 2.69. The zero-order valence-electron chi connectivity index (χ0n) is 14.9. The van der Waals surface area contributed by atoms with Gasteiger partial charge in [-0.1, -0.05) is 30.0 Å². The average molecular weight is 349 g/mol. The minimum atomic E-state index is 0.0692. The lowest BCUT2D eigenvalue weighted by molar-refractivity contribution is -0.0395. The predicted molar refractivity (Wildman–Crippen MR) is 103 cm³/mol. The van der Waals surface area contributed by atoms with Crippen molar-refractivity contribution in [3.05, 3.63) is 35.7 Å². The number of hydrogen-bond donors (Lipinski definition) is 1. The number of aryl methyl sites for hydroxylation is 1. The molecule has 24 heavy (non-hydrogen) atoms. The Morgan fingerprint density at radius 1 is 1.54 bits per heavy atom. The number of ether oxygens (including phenoxy) is 1. The molecule has 1 unspecified atom stereocenters. The Morgan fingerprint density at radius 3 is 3.04 bits per heavy atom. The maximum absolute atomic E-state index is 5.84. The topological polar surface area (TPSA) is 65.4 Å². The van der Waals surface area contributed by atoms with Crippen LogP contribution in [0.4, 0.5) is 0 Å². The lowest BCUT2D eigenvalue weighted by Crippen LogP contribution is -2.18. The standard InChI is InChI=1S/C18H28N4OS/c1-4-8-15(10-12-24-18(19)20-5-2)17-14(3)13-22(21-17)16-9-6-7-11-23-16/h4,8,10,13,16H,5-7,9,11-12H2,1-3H3,(H2,19,20)/b8-4-,15-10+. The summed E-state index contributed by atoms with van der Waals surface area (Å²) < 4.78 is 7.81. The number of aliphatic imine (C=N–C) groups is 1. The molecule has 0 bridgehead atoms. The lowest BCUT2D eigenvalue weighted by atomic mass is 10.1. The quantitative estimate of drug-likeness (QED) is 0.481. The first-order valence-electron chi connectivity index (χ1n) is 8.59. The zero-order valence-corrected chi connectivity index (χ0v) is 15.7. The van der Waals surface area contributed by atoms with Crippen molar-refractivity contribution in [1.29, 1.82) is 0 Å². The van der Waals surface area contributed by atoms with Crippen LogP contribution in [-0.4, -0.2) is 33.9 Å². The third-order valence-electron chi connectivity index (χ3n) is 3.83. The molecule has 132 valence electrons. The number of thioether (sulfide) groups is 1. The van der Waals surface area contributed by atoms with E-state index in [0.29, 0.717) is 5.17 Å². The van der Waals surface area contributed by atoms with E-state index in [1.54, 1.807) is 11.8 Å². The van der Waals surface area contributed by atoms with Crippen LogP contribution in [0.1, 0.15) is 50.6 Å². The average Bonchev–Trinajstić information content (AvgIpc) is 2.97. The van der Waals surface area contributed by atoms with Crippen LogP contribution in [0.2, 0.25) is 0 Å². The largest absolute Gasteiger partial charge is 0.379 e. The summed E-state index contributed by atoms with van der Waals surface area (Å²) in [5.74, 6) is 0.779. The first-order valence-corrected chi connectivity index (χ1v) is 9.57. The summed E-state index contributed by atoms with van der Waals surface area (Å²) in [6.45, 7) is 7.64. The molecule has 5 nitrogen and oxygen atoms in total. The van der Waals surface area contributed by atoms with Crippen molar-refractivity contribution in [3.8, 4) is 0 Å². The van der Waals surface area contributed by atoms with Gasteiger partial charge in [0.05, 0.1) is 5.69 Å². The second-order valence-electron chi connectivity index (χ2n) is 5.75. The van der Waals surface area contributed by atoms with E-state index in [4.69, 9.17) is 15.6 Å². The maximum Gasteiger partial charge on any atom is 0.154 e. The second-order valence-corrected chi connectivity index (χ2v) is 6.79. The summed E-state index contributed by atoms with van der Waals surface area (Å²) in [7, 11) is 0. The minimum absolute atomic E-state index is 0.0692. The maximum atomic E-state index is 5.84. The molecule has 1 aromatic heterocycles. The van der Waals surface area contributed by atoms with E-state index in [-0.39, 0.29) is 6.23 Å².